The van der Waals surface area contributed by atoms with Crippen molar-refractivity contribution >= 4 is 57.5 Å². The maximum atomic E-state index is 12.7. The van der Waals surface area contributed by atoms with Crippen molar-refractivity contribution in [2.24, 2.45) is 0 Å². The molecule has 1 aromatic heterocycles. The van der Waals surface area contributed by atoms with E-state index < -0.39 is 23.7 Å². The fraction of sp³-hybridized carbons (Fsp3) is 0.167. The molecule has 0 saturated carbocycles. The topological polar surface area (TPSA) is 97.7 Å². The number of rotatable bonds is 6. The van der Waals surface area contributed by atoms with Crippen LogP contribution >= 0.6 is 11.8 Å². The first-order valence-corrected chi connectivity index (χ1v) is 10.9. The molecule has 1 saturated heterocycles. The van der Waals surface area contributed by atoms with E-state index in [0.717, 1.165) is 33.1 Å². The number of methoxy groups -OCH3 is 1. The molecule has 1 fully saturated rings. The van der Waals surface area contributed by atoms with Gasteiger partial charge in [0.15, 0.2) is 0 Å². The summed E-state index contributed by atoms with van der Waals surface area (Å²) >= 11 is 0.766. The predicted octanol–water partition coefficient (Wildman–Crippen LogP) is 3.80. The first kappa shape index (κ1) is 22.3. The third kappa shape index (κ3) is 4.83. The van der Waals surface area contributed by atoms with Gasteiger partial charge in [0, 0.05) is 28.4 Å². The molecule has 0 unspecified atom stereocenters. The van der Waals surface area contributed by atoms with Crippen molar-refractivity contribution in [2.45, 2.75) is 13.5 Å². The molecule has 2 aromatic carbocycles. The van der Waals surface area contributed by atoms with Crippen LogP contribution in [-0.2, 0) is 25.7 Å². The van der Waals surface area contributed by atoms with E-state index in [4.69, 9.17) is 0 Å². The number of imide groups is 1. The molecule has 168 valence electrons. The van der Waals surface area contributed by atoms with Gasteiger partial charge < -0.3 is 14.6 Å². The molecule has 1 N–H and O–H groups in total. The van der Waals surface area contributed by atoms with Crippen molar-refractivity contribution in [1.82, 2.24) is 9.47 Å². The molecular weight excluding hydrogens is 442 g/mol. The number of benzene rings is 2. The van der Waals surface area contributed by atoms with Crippen LogP contribution in [0.4, 0.5) is 10.5 Å². The highest BCUT2D eigenvalue weighted by Crippen LogP contribution is 2.34. The summed E-state index contributed by atoms with van der Waals surface area (Å²) in [5.74, 6) is -1.41. The second-order valence-electron chi connectivity index (χ2n) is 7.49. The van der Waals surface area contributed by atoms with Gasteiger partial charge in [-0.3, -0.25) is 24.1 Å². The Bertz CT molecular complexity index is 1290. The lowest BCUT2D eigenvalue weighted by Gasteiger charge is -2.09. The number of para-hydroxylation sites is 1. The number of amides is 3. The minimum atomic E-state index is -0.672. The first-order valence-electron chi connectivity index (χ1n) is 10.1. The second kappa shape index (κ2) is 9.33. The van der Waals surface area contributed by atoms with Crippen LogP contribution in [0.1, 0.15) is 11.1 Å². The van der Waals surface area contributed by atoms with Gasteiger partial charge in [0.2, 0.25) is 5.91 Å². The lowest BCUT2D eigenvalue weighted by Crippen LogP contribution is -2.34. The minimum absolute atomic E-state index is 0.0754. The van der Waals surface area contributed by atoms with Crippen LogP contribution in [0.5, 0.6) is 0 Å². The lowest BCUT2D eigenvalue weighted by atomic mass is 10.1. The van der Waals surface area contributed by atoms with Crippen LogP contribution in [0.3, 0.4) is 0 Å². The maximum Gasteiger partial charge on any atom is 0.325 e. The zero-order valence-corrected chi connectivity index (χ0v) is 18.8. The van der Waals surface area contributed by atoms with Crippen molar-refractivity contribution in [1.29, 1.82) is 0 Å². The number of carbonyl (C=O) groups excluding carboxylic acids is 4. The molecule has 0 radical (unpaired) electrons. The molecule has 1 aliphatic rings. The molecule has 0 aliphatic carbocycles. The van der Waals surface area contributed by atoms with Gasteiger partial charge in [-0.15, -0.1) is 0 Å². The monoisotopic (exact) mass is 463 g/mol. The summed E-state index contributed by atoms with van der Waals surface area (Å²) in [7, 11) is 1.20. The number of nitrogens with zero attached hydrogens (tertiary/aromatic N) is 2. The molecule has 3 amide bonds. The summed E-state index contributed by atoms with van der Waals surface area (Å²) in [5.41, 5.74) is 3.32. The van der Waals surface area contributed by atoms with Gasteiger partial charge in [0.25, 0.3) is 11.1 Å². The number of hydrogen-bond acceptors (Lipinski definition) is 6. The van der Waals surface area contributed by atoms with Gasteiger partial charge in [-0.2, -0.15) is 0 Å². The number of aromatic nitrogens is 1. The van der Waals surface area contributed by atoms with Gasteiger partial charge in [0.05, 0.1) is 12.0 Å². The van der Waals surface area contributed by atoms with E-state index in [1.54, 1.807) is 16.8 Å². The Labute approximate surface area is 194 Å². The molecular formula is C24H21N3O5S. The molecule has 33 heavy (non-hydrogen) atoms. The molecule has 4 rings (SSSR count). The average molecular weight is 464 g/mol. The number of anilines is 1. The Balaban J connectivity index is 1.59. The number of esters is 1. The smallest absolute Gasteiger partial charge is 0.325 e. The number of nitrogens with one attached hydrogen (secondary N) is 1. The third-order valence-corrected chi connectivity index (χ3v) is 6.05. The van der Waals surface area contributed by atoms with Crippen LogP contribution in [0.15, 0.2) is 59.6 Å². The van der Waals surface area contributed by atoms with Crippen molar-refractivity contribution in [3.63, 3.8) is 0 Å². The van der Waals surface area contributed by atoms with Crippen LogP contribution in [0.2, 0.25) is 0 Å². The van der Waals surface area contributed by atoms with Gasteiger partial charge in [0.1, 0.15) is 13.1 Å². The van der Waals surface area contributed by atoms with Crippen molar-refractivity contribution in [2.75, 3.05) is 19.0 Å². The third-order valence-electron chi connectivity index (χ3n) is 5.14. The SMILES string of the molecule is COC(=O)CN1C(=O)SC(=Cc2cn(CC(=O)Nc3ccc(C)cc3)c3ccccc23)C1=O. The first-order chi connectivity index (χ1) is 15.9. The number of aryl methyl sites for hydroxylation is 1. The Morgan fingerprint density at radius 1 is 1.06 bits per heavy atom. The molecule has 9 heteroatoms. The van der Waals surface area contributed by atoms with E-state index >= 15 is 0 Å². The fourth-order valence-corrected chi connectivity index (χ4v) is 4.31. The standard InChI is InChI=1S/C24H21N3O5S/c1-15-7-9-17(10-8-15)25-21(28)13-26-12-16(18-5-3-4-6-19(18)26)11-20-23(30)27(24(31)33-20)14-22(29)32-2/h3-12H,13-14H2,1-2H3,(H,25,28). The molecule has 2 heterocycles. The highest BCUT2D eigenvalue weighted by Gasteiger charge is 2.36. The minimum Gasteiger partial charge on any atom is -0.468 e. The summed E-state index contributed by atoms with van der Waals surface area (Å²) in [6, 6.07) is 15.0. The van der Waals surface area contributed by atoms with Crippen molar-refractivity contribution in [3.05, 3.63) is 70.8 Å². The number of thioether (sulfide) groups is 1. The summed E-state index contributed by atoms with van der Waals surface area (Å²) in [6.07, 6.45) is 3.38. The van der Waals surface area contributed by atoms with Gasteiger partial charge >= 0.3 is 5.97 Å². The van der Waals surface area contributed by atoms with Gasteiger partial charge in [-0.25, -0.2) is 0 Å². The molecule has 3 aromatic rings. The van der Waals surface area contributed by atoms with E-state index in [1.807, 2.05) is 55.5 Å². The Kier molecular flexibility index (Phi) is 6.32. The highest BCUT2D eigenvalue weighted by molar-refractivity contribution is 8.18. The lowest BCUT2D eigenvalue weighted by molar-refractivity contribution is -0.143. The number of fused-ring (bicyclic) bond motifs is 1. The summed E-state index contributed by atoms with van der Waals surface area (Å²) in [5, 5.41) is 3.18. The maximum absolute atomic E-state index is 12.7. The van der Waals surface area contributed by atoms with Crippen molar-refractivity contribution in [3.8, 4) is 0 Å². The van der Waals surface area contributed by atoms with Crippen molar-refractivity contribution < 1.29 is 23.9 Å². The number of ether oxygens (including phenoxy) is 1. The van der Waals surface area contributed by atoms with E-state index in [0.29, 0.717) is 11.3 Å². The fourth-order valence-electron chi connectivity index (χ4n) is 3.48. The Hall–Kier alpha value is -3.85. The molecule has 0 spiro atoms. The van der Waals surface area contributed by atoms with E-state index in [-0.39, 0.29) is 17.4 Å². The van der Waals surface area contributed by atoms with Crippen LogP contribution < -0.4 is 5.32 Å². The Morgan fingerprint density at radius 3 is 2.52 bits per heavy atom. The summed E-state index contributed by atoms with van der Waals surface area (Å²) < 4.78 is 6.35. The quantitative estimate of drug-likeness (QED) is 0.441. The number of carbonyl (C=O) groups is 4. The normalized spacial score (nSPS) is 14.8. The molecule has 1 aliphatic heterocycles. The van der Waals surface area contributed by atoms with Gasteiger partial charge in [-0.05, 0) is 43.0 Å². The summed E-state index contributed by atoms with van der Waals surface area (Å²) in [6.45, 7) is 1.62. The largest absolute Gasteiger partial charge is 0.468 e. The molecule has 0 bridgehead atoms. The van der Waals surface area contributed by atoms with Crippen LogP contribution in [0.25, 0.3) is 17.0 Å². The second-order valence-corrected chi connectivity index (χ2v) is 8.48. The zero-order valence-electron chi connectivity index (χ0n) is 18.0. The Morgan fingerprint density at radius 2 is 1.79 bits per heavy atom. The molecule has 0 atom stereocenters. The van der Waals surface area contributed by atoms with E-state index in [9.17, 15) is 19.2 Å². The van der Waals surface area contributed by atoms with Gasteiger partial charge in [-0.1, -0.05) is 35.9 Å². The van der Waals surface area contributed by atoms with E-state index in [1.165, 1.54) is 7.11 Å². The van der Waals surface area contributed by atoms with E-state index in [2.05, 4.69) is 10.1 Å². The number of hydrogen-bond donors (Lipinski definition) is 1. The van der Waals surface area contributed by atoms with Crippen LogP contribution in [0, 0.1) is 6.92 Å². The predicted molar refractivity (Wildman–Crippen MR) is 126 cm³/mol. The molecule has 8 nitrogen and oxygen atoms in total. The summed E-state index contributed by atoms with van der Waals surface area (Å²) in [4.78, 5) is 50.1. The average Bonchev–Trinajstić information content (AvgIpc) is 3.27. The van der Waals surface area contributed by atoms with Crippen LogP contribution in [-0.4, -0.2) is 46.1 Å². The highest BCUT2D eigenvalue weighted by atomic mass is 32.2. The zero-order chi connectivity index (χ0) is 23.5.